The van der Waals surface area contributed by atoms with Crippen molar-refractivity contribution in [1.29, 1.82) is 0 Å². The maximum absolute atomic E-state index is 5.86. The Bertz CT molecular complexity index is 447. The molecule has 0 aliphatic rings. The zero-order valence-electron chi connectivity index (χ0n) is 13.6. The molecule has 0 atom stereocenters. The molecule has 1 rings (SSSR count). The number of rotatable bonds is 8. The summed E-state index contributed by atoms with van der Waals surface area (Å²) in [6, 6.07) is 4.12. The normalized spacial score (nSPS) is 11.5. The van der Waals surface area contributed by atoms with Crippen molar-refractivity contribution in [3.05, 3.63) is 22.2 Å². The number of nitrogens with one attached hydrogen (secondary N) is 1. The lowest BCUT2D eigenvalue weighted by Gasteiger charge is -2.21. The van der Waals surface area contributed by atoms with E-state index in [9.17, 15) is 0 Å². The highest BCUT2D eigenvalue weighted by Gasteiger charge is 2.14. The van der Waals surface area contributed by atoms with E-state index in [1.54, 1.807) is 7.11 Å². The Labute approximate surface area is 141 Å². The number of ether oxygens (including phenoxy) is 2. The van der Waals surface area contributed by atoms with Gasteiger partial charge in [-0.1, -0.05) is 0 Å². The van der Waals surface area contributed by atoms with Crippen molar-refractivity contribution in [2.45, 2.75) is 39.3 Å². The predicted molar refractivity (Wildman–Crippen MR) is 95.8 cm³/mol. The van der Waals surface area contributed by atoms with Gasteiger partial charge >= 0.3 is 0 Å². The summed E-state index contributed by atoms with van der Waals surface area (Å²) in [7, 11) is 1.68. The fraction of sp³-hybridized carbons (Fsp3) is 0.625. The quantitative estimate of drug-likeness (QED) is 0.678. The number of methoxy groups -OCH3 is 1. The average molecular weight is 376 g/mol. The highest BCUT2D eigenvalue weighted by molar-refractivity contribution is 9.10. The molecule has 1 aromatic carbocycles. The van der Waals surface area contributed by atoms with Gasteiger partial charge in [-0.15, -0.1) is 0 Å². The first-order chi connectivity index (χ1) is 9.87. The van der Waals surface area contributed by atoms with E-state index < -0.39 is 0 Å². The van der Waals surface area contributed by atoms with Crippen molar-refractivity contribution < 1.29 is 9.47 Å². The molecule has 120 valence electrons. The van der Waals surface area contributed by atoms with Crippen LogP contribution in [0.5, 0.6) is 11.5 Å². The lowest BCUT2D eigenvalue weighted by atomic mass is 10.1. The summed E-state index contributed by atoms with van der Waals surface area (Å²) < 4.78 is 12.3. The number of hydrogen-bond donors (Lipinski definition) is 1. The highest BCUT2D eigenvalue weighted by Crippen LogP contribution is 2.36. The Kier molecular flexibility index (Phi) is 7.92. The Morgan fingerprint density at radius 3 is 2.57 bits per heavy atom. The standard InChI is InChI=1S/C16H26BrNO2S/c1-16(2,3)18-11-12-9-13(17)15(14(10-12)19-4)20-7-6-8-21-5/h9-10,18H,6-8,11H2,1-5H3. The molecule has 0 saturated carbocycles. The fourth-order valence-corrected chi connectivity index (χ4v) is 2.77. The van der Waals surface area contributed by atoms with Crippen LogP contribution in [0.15, 0.2) is 16.6 Å². The van der Waals surface area contributed by atoms with Crippen molar-refractivity contribution in [2.24, 2.45) is 0 Å². The van der Waals surface area contributed by atoms with Gasteiger partial charge in [-0.2, -0.15) is 11.8 Å². The first-order valence-electron chi connectivity index (χ1n) is 7.10. The zero-order chi connectivity index (χ0) is 15.9. The van der Waals surface area contributed by atoms with Crippen LogP contribution in [0.2, 0.25) is 0 Å². The molecular formula is C16H26BrNO2S. The highest BCUT2D eigenvalue weighted by atomic mass is 79.9. The molecule has 0 heterocycles. The Morgan fingerprint density at radius 1 is 1.29 bits per heavy atom. The summed E-state index contributed by atoms with van der Waals surface area (Å²) in [6.45, 7) is 7.97. The average Bonchev–Trinajstić information content (AvgIpc) is 2.41. The Morgan fingerprint density at radius 2 is 2.00 bits per heavy atom. The first kappa shape index (κ1) is 18.7. The van der Waals surface area contributed by atoms with E-state index in [-0.39, 0.29) is 5.54 Å². The first-order valence-corrected chi connectivity index (χ1v) is 9.29. The van der Waals surface area contributed by atoms with E-state index in [1.807, 2.05) is 17.8 Å². The van der Waals surface area contributed by atoms with Crippen LogP contribution in [0, 0.1) is 0 Å². The molecule has 1 N–H and O–H groups in total. The van der Waals surface area contributed by atoms with Crippen LogP contribution in [0.25, 0.3) is 0 Å². The number of thioether (sulfide) groups is 1. The Hall–Kier alpha value is -0.390. The minimum atomic E-state index is 0.0900. The molecule has 0 radical (unpaired) electrons. The second-order valence-corrected chi connectivity index (χ2v) is 7.75. The van der Waals surface area contributed by atoms with Crippen molar-refractivity contribution in [2.75, 3.05) is 25.7 Å². The van der Waals surface area contributed by atoms with Gasteiger partial charge in [0.25, 0.3) is 0 Å². The second kappa shape index (κ2) is 8.91. The minimum absolute atomic E-state index is 0.0900. The molecule has 0 aromatic heterocycles. The Balaban J connectivity index is 2.77. The fourth-order valence-electron chi connectivity index (χ4n) is 1.76. The van der Waals surface area contributed by atoms with Crippen LogP contribution in [0.4, 0.5) is 0 Å². The van der Waals surface area contributed by atoms with E-state index in [4.69, 9.17) is 9.47 Å². The molecule has 0 saturated heterocycles. The molecule has 21 heavy (non-hydrogen) atoms. The van der Waals surface area contributed by atoms with Crippen LogP contribution < -0.4 is 14.8 Å². The van der Waals surface area contributed by atoms with E-state index in [0.717, 1.165) is 34.7 Å². The topological polar surface area (TPSA) is 30.5 Å². The van der Waals surface area contributed by atoms with E-state index in [2.05, 4.69) is 54.3 Å². The van der Waals surface area contributed by atoms with E-state index >= 15 is 0 Å². The number of halogens is 1. The maximum Gasteiger partial charge on any atom is 0.175 e. The van der Waals surface area contributed by atoms with Gasteiger partial charge in [0.15, 0.2) is 11.5 Å². The molecule has 0 unspecified atom stereocenters. The van der Waals surface area contributed by atoms with Crippen LogP contribution in [-0.4, -0.2) is 31.3 Å². The summed E-state index contributed by atoms with van der Waals surface area (Å²) in [6.07, 6.45) is 3.14. The van der Waals surface area contributed by atoms with Gasteiger partial charge in [0.05, 0.1) is 18.2 Å². The molecule has 0 amide bonds. The zero-order valence-corrected chi connectivity index (χ0v) is 16.0. The van der Waals surface area contributed by atoms with Gasteiger partial charge in [0, 0.05) is 12.1 Å². The van der Waals surface area contributed by atoms with Gasteiger partial charge in [0.1, 0.15) is 0 Å². The molecule has 0 fully saturated rings. The third kappa shape index (κ3) is 6.94. The third-order valence-corrected chi connectivity index (χ3v) is 4.14. The third-order valence-electron chi connectivity index (χ3n) is 2.85. The van der Waals surface area contributed by atoms with Crippen LogP contribution in [0.1, 0.15) is 32.8 Å². The molecule has 0 aliphatic heterocycles. The molecular weight excluding hydrogens is 350 g/mol. The minimum Gasteiger partial charge on any atom is -0.493 e. The smallest absolute Gasteiger partial charge is 0.175 e. The van der Waals surface area contributed by atoms with Gasteiger partial charge < -0.3 is 14.8 Å². The summed E-state index contributed by atoms with van der Waals surface area (Å²) in [4.78, 5) is 0. The van der Waals surface area contributed by atoms with Gasteiger partial charge in [0.2, 0.25) is 0 Å². The van der Waals surface area contributed by atoms with Crippen molar-refractivity contribution in [3.63, 3.8) is 0 Å². The van der Waals surface area contributed by atoms with Gasteiger partial charge in [-0.3, -0.25) is 0 Å². The molecule has 5 heteroatoms. The lowest BCUT2D eigenvalue weighted by Crippen LogP contribution is -2.35. The van der Waals surface area contributed by atoms with Crippen molar-refractivity contribution >= 4 is 27.7 Å². The molecule has 0 bridgehead atoms. The lowest BCUT2D eigenvalue weighted by molar-refractivity contribution is 0.293. The van der Waals surface area contributed by atoms with Gasteiger partial charge in [-0.05, 0) is 72.8 Å². The number of hydrogen-bond acceptors (Lipinski definition) is 4. The molecule has 0 aliphatic carbocycles. The van der Waals surface area contributed by atoms with E-state index in [0.29, 0.717) is 6.61 Å². The monoisotopic (exact) mass is 375 g/mol. The van der Waals surface area contributed by atoms with Crippen LogP contribution >= 0.6 is 27.7 Å². The van der Waals surface area contributed by atoms with Crippen LogP contribution in [0.3, 0.4) is 0 Å². The predicted octanol–water partition coefficient (Wildman–Crippen LogP) is 4.48. The SMILES string of the molecule is COc1cc(CNC(C)(C)C)cc(Br)c1OCCCSC. The molecule has 3 nitrogen and oxygen atoms in total. The second-order valence-electron chi connectivity index (χ2n) is 5.91. The summed E-state index contributed by atoms with van der Waals surface area (Å²) >= 11 is 5.42. The van der Waals surface area contributed by atoms with Crippen molar-refractivity contribution in [1.82, 2.24) is 5.32 Å². The van der Waals surface area contributed by atoms with Crippen LogP contribution in [-0.2, 0) is 6.54 Å². The largest absolute Gasteiger partial charge is 0.493 e. The molecule has 0 spiro atoms. The summed E-state index contributed by atoms with van der Waals surface area (Å²) in [5, 5.41) is 3.48. The summed E-state index contributed by atoms with van der Waals surface area (Å²) in [5.41, 5.74) is 1.26. The maximum atomic E-state index is 5.86. The van der Waals surface area contributed by atoms with E-state index in [1.165, 1.54) is 5.56 Å². The summed E-state index contributed by atoms with van der Waals surface area (Å²) in [5.74, 6) is 2.67. The molecule has 1 aromatic rings. The van der Waals surface area contributed by atoms with Gasteiger partial charge in [-0.25, -0.2) is 0 Å². The number of benzene rings is 1. The van der Waals surface area contributed by atoms with Crippen molar-refractivity contribution in [3.8, 4) is 11.5 Å².